The van der Waals surface area contributed by atoms with Crippen molar-refractivity contribution in [3.8, 4) is 0 Å². The molecule has 82 valence electrons. The summed E-state index contributed by atoms with van der Waals surface area (Å²) in [4.78, 5) is 1.45. The van der Waals surface area contributed by atoms with Crippen molar-refractivity contribution >= 4 is 11.3 Å². The van der Waals surface area contributed by atoms with E-state index in [9.17, 15) is 0 Å². The number of hydrogen-bond acceptors (Lipinski definition) is 2. The summed E-state index contributed by atoms with van der Waals surface area (Å²) in [5.41, 5.74) is 0. The molecule has 1 aliphatic rings. The Morgan fingerprint density at radius 1 is 1.53 bits per heavy atom. The van der Waals surface area contributed by atoms with Crippen molar-refractivity contribution in [2.24, 2.45) is 5.92 Å². The van der Waals surface area contributed by atoms with Gasteiger partial charge in [-0.05, 0) is 50.1 Å². The second kappa shape index (κ2) is 5.47. The summed E-state index contributed by atoms with van der Waals surface area (Å²) in [6.07, 6.45) is 8.50. The topological polar surface area (TPSA) is 12.0 Å². The molecule has 0 fully saturated rings. The second-order valence-corrected chi connectivity index (χ2v) is 5.28. The van der Waals surface area contributed by atoms with E-state index in [-0.39, 0.29) is 0 Å². The second-order valence-electron chi connectivity index (χ2n) is 4.30. The van der Waals surface area contributed by atoms with Crippen molar-refractivity contribution in [1.82, 2.24) is 5.32 Å². The van der Waals surface area contributed by atoms with E-state index in [2.05, 4.69) is 41.9 Å². The van der Waals surface area contributed by atoms with E-state index in [4.69, 9.17) is 0 Å². The normalized spacial score (nSPS) is 22.9. The third-order valence-electron chi connectivity index (χ3n) is 3.06. The van der Waals surface area contributed by atoms with Gasteiger partial charge < -0.3 is 5.32 Å². The van der Waals surface area contributed by atoms with Crippen LogP contribution in [0.25, 0.3) is 0 Å². The first-order chi connectivity index (χ1) is 7.36. The summed E-state index contributed by atoms with van der Waals surface area (Å²) in [7, 11) is 0. The van der Waals surface area contributed by atoms with Gasteiger partial charge in [-0.15, -0.1) is 11.3 Å². The number of thiophene rings is 1. The smallest absolute Gasteiger partial charge is 0.0386 e. The van der Waals surface area contributed by atoms with Crippen LogP contribution in [0.15, 0.2) is 29.7 Å². The molecule has 0 aliphatic heterocycles. The lowest BCUT2D eigenvalue weighted by Crippen LogP contribution is -2.25. The van der Waals surface area contributed by atoms with Crippen molar-refractivity contribution in [2.45, 2.75) is 32.2 Å². The van der Waals surface area contributed by atoms with E-state index in [0.717, 1.165) is 12.5 Å². The van der Waals surface area contributed by atoms with Gasteiger partial charge >= 0.3 is 0 Å². The van der Waals surface area contributed by atoms with Crippen LogP contribution in [0, 0.1) is 5.92 Å². The summed E-state index contributed by atoms with van der Waals surface area (Å²) in [5, 5.41) is 5.78. The molecule has 2 rings (SSSR count). The number of allylic oxidation sites excluding steroid dienone is 2. The van der Waals surface area contributed by atoms with Gasteiger partial charge in [-0.1, -0.05) is 18.2 Å². The predicted molar refractivity (Wildman–Crippen MR) is 67.2 cm³/mol. The van der Waals surface area contributed by atoms with Gasteiger partial charge in [0.2, 0.25) is 0 Å². The Morgan fingerprint density at radius 2 is 2.47 bits per heavy atom. The summed E-state index contributed by atoms with van der Waals surface area (Å²) in [6.45, 7) is 3.41. The van der Waals surface area contributed by atoms with E-state index < -0.39 is 0 Å². The maximum Gasteiger partial charge on any atom is 0.0386 e. The molecule has 0 saturated carbocycles. The molecule has 0 amide bonds. The van der Waals surface area contributed by atoms with Crippen LogP contribution in [0.3, 0.4) is 0 Å². The highest BCUT2D eigenvalue weighted by Gasteiger charge is 2.12. The van der Waals surface area contributed by atoms with Gasteiger partial charge in [-0.25, -0.2) is 0 Å². The average molecular weight is 221 g/mol. The van der Waals surface area contributed by atoms with Crippen LogP contribution in [-0.2, 0) is 0 Å². The van der Waals surface area contributed by atoms with Gasteiger partial charge in [-0.2, -0.15) is 0 Å². The minimum absolute atomic E-state index is 0.510. The van der Waals surface area contributed by atoms with E-state index in [1.54, 1.807) is 0 Å². The van der Waals surface area contributed by atoms with E-state index in [0.29, 0.717) is 6.04 Å². The molecular formula is C13H19NS. The zero-order valence-electron chi connectivity index (χ0n) is 9.28. The third-order valence-corrected chi connectivity index (χ3v) is 4.12. The van der Waals surface area contributed by atoms with Crippen molar-refractivity contribution in [1.29, 1.82) is 0 Å². The molecule has 15 heavy (non-hydrogen) atoms. The quantitative estimate of drug-likeness (QED) is 0.763. The molecule has 0 spiro atoms. The van der Waals surface area contributed by atoms with Crippen molar-refractivity contribution < 1.29 is 0 Å². The first-order valence-electron chi connectivity index (χ1n) is 5.78. The Morgan fingerprint density at radius 3 is 3.13 bits per heavy atom. The standard InChI is InChI=1S/C13H19NS/c1-11(13-8-5-9-15-13)14-10-12-6-3-2-4-7-12/h2-3,5,8-9,11-12,14H,4,6-7,10H2,1H3/t11-,12?/m1/s1. The zero-order valence-corrected chi connectivity index (χ0v) is 10.1. The minimum atomic E-state index is 0.510. The van der Waals surface area contributed by atoms with Crippen LogP contribution in [0.4, 0.5) is 0 Å². The fourth-order valence-electron chi connectivity index (χ4n) is 2.02. The molecule has 1 aromatic rings. The number of hydrogen-bond donors (Lipinski definition) is 1. The van der Waals surface area contributed by atoms with Gasteiger partial charge in [0, 0.05) is 10.9 Å². The predicted octanol–water partition coefficient (Wildman–Crippen LogP) is 3.76. The van der Waals surface area contributed by atoms with Crippen LogP contribution >= 0.6 is 11.3 Å². The van der Waals surface area contributed by atoms with E-state index in [1.165, 1.54) is 24.1 Å². The van der Waals surface area contributed by atoms with Crippen LogP contribution < -0.4 is 5.32 Å². The Balaban J connectivity index is 1.75. The van der Waals surface area contributed by atoms with Crippen LogP contribution in [0.1, 0.15) is 37.1 Å². The van der Waals surface area contributed by atoms with Crippen LogP contribution in [0.5, 0.6) is 0 Å². The highest BCUT2D eigenvalue weighted by molar-refractivity contribution is 7.10. The molecule has 1 heterocycles. The third kappa shape index (κ3) is 3.18. The average Bonchev–Trinajstić information content (AvgIpc) is 2.81. The Bertz CT molecular complexity index is 302. The monoisotopic (exact) mass is 221 g/mol. The molecule has 2 heteroatoms. The molecule has 1 aliphatic carbocycles. The minimum Gasteiger partial charge on any atom is -0.309 e. The maximum absolute atomic E-state index is 3.63. The summed E-state index contributed by atoms with van der Waals surface area (Å²) in [6, 6.07) is 4.85. The molecule has 0 aromatic carbocycles. The largest absolute Gasteiger partial charge is 0.309 e. The highest BCUT2D eigenvalue weighted by atomic mass is 32.1. The SMILES string of the molecule is C[C@@H](NCC1CC=CCC1)c1cccs1. The fraction of sp³-hybridized carbons (Fsp3) is 0.538. The molecule has 0 bridgehead atoms. The Hall–Kier alpha value is -0.600. The summed E-state index contributed by atoms with van der Waals surface area (Å²) < 4.78 is 0. The summed E-state index contributed by atoms with van der Waals surface area (Å²) >= 11 is 1.84. The van der Waals surface area contributed by atoms with Gasteiger partial charge in [0.1, 0.15) is 0 Å². The highest BCUT2D eigenvalue weighted by Crippen LogP contribution is 2.21. The molecule has 1 N–H and O–H groups in total. The number of rotatable bonds is 4. The Kier molecular flexibility index (Phi) is 3.98. The van der Waals surface area contributed by atoms with E-state index >= 15 is 0 Å². The Labute approximate surface area is 96.2 Å². The van der Waals surface area contributed by atoms with Gasteiger partial charge in [-0.3, -0.25) is 0 Å². The zero-order chi connectivity index (χ0) is 10.5. The van der Waals surface area contributed by atoms with E-state index in [1.807, 2.05) is 11.3 Å². The molecule has 1 unspecified atom stereocenters. The molecule has 0 radical (unpaired) electrons. The molecule has 1 aromatic heterocycles. The lowest BCUT2D eigenvalue weighted by molar-refractivity contribution is 0.417. The van der Waals surface area contributed by atoms with Gasteiger partial charge in [0.15, 0.2) is 0 Å². The first-order valence-corrected chi connectivity index (χ1v) is 6.66. The van der Waals surface area contributed by atoms with Gasteiger partial charge in [0.05, 0.1) is 0 Å². The number of nitrogens with one attached hydrogen (secondary N) is 1. The van der Waals surface area contributed by atoms with Crippen molar-refractivity contribution in [3.05, 3.63) is 34.5 Å². The molecule has 1 nitrogen and oxygen atoms in total. The molecular weight excluding hydrogens is 202 g/mol. The maximum atomic E-state index is 3.63. The first kappa shape index (κ1) is 10.9. The lowest BCUT2D eigenvalue weighted by Gasteiger charge is -2.20. The van der Waals surface area contributed by atoms with Gasteiger partial charge in [0.25, 0.3) is 0 Å². The molecule has 2 atom stereocenters. The van der Waals surface area contributed by atoms with Crippen LogP contribution in [-0.4, -0.2) is 6.54 Å². The van der Waals surface area contributed by atoms with Crippen LogP contribution in [0.2, 0.25) is 0 Å². The molecule has 0 saturated heterocycles. The summed E-state index contributed by atoms with van der Waals surface area (Å²) in [5.74, 6) is 0.845. The lowest BCUT2D eigenvalue weighted by atomic mass is 9.94. The van der Waals surface area contributed by atoms with Crippen molar-refractivity contribution in [3.63, 3.8) is 0 Å². The fourth-order valence-corrected chi connectivity index (χ4v) is 2.78. The van der Waals surface area contributed by atoms with Crippen molar-refractivity contribution in [2.75, 3.05) is 6.54 Å².